The second kappa shape index (κ2) is 28.9. The van der Waals surface area contributed by atoms with Crippen molar-refractivity contribution in [3.63, 3.8) is 0 Å². The first-order chi connectivity index (χ1) is 46.3. The molecule has 1 aliphatic carbocycles. The molecule has 6 heterocycles. The number of thiol groups is 6. The van der Waals surface area contributed by atoms with Gasteiger partial charge in [0.15, 0.2) is 26.0 Å². The summed E-state index contributed by atoms with van der Waals surface area (Å²) in [6.07, 6.45) is -1.26. The number of aromatic nitrogens is 12. The molecular formula is C54H36N24O6S12. The van der Waals surface area contributed by atoms with Gasteiger partial charge in [-0.25, -0.2) is 0 Å². The van der Waals surface area contributed by atoms with E-state index in [-0.39, 0.29) is 205 Å². The van der Waals surface area contributed by atoms with Crippen molar-refractivity contribution in [3.8, 4) is 34.5 Å². The molecule has 12 aromatic rings. The third-order valence-corrected chi connectivity index (χ3v) is 19.6. The molecule has 0 atom stereocenters. The molecule has 42 heteroatoms. The maximum atomic E-state index is 12.6. The molecule has 0 aliphatic heterocycles. The minimum atomic E-state index is -0.270. The molecule has 0 saturated heterocycles. The highest BCUT2D eigenvalue weighted by molar-refractivity contribution is 7.83. The number of hydrogen-bond acceptors (Lipinski definition) is 42. The molecule has 0 amide bonds. The van der Waals surface area contributed by atoms with Crippen molar-refractivity contribution in [2.45, 2.75) is 64.6 Å². The van der Waals surface area contributed by atoms with Gasteiger partial charge in [0, 0.05) is 105 Å². The van der Waals surface area contributed by atoms with Crippen LogP contribution in [0.1, 0.15) is 66.8 Å². The van der Waals surface area contributed by atoms with Gasteiger partial charge in [0.2, 0.25) is 0 Å². The molecule has 1 aliphatic rings. The van der Waals surface area contributed by atoms with Crippen molar-refractivity contribution < 1.29 is 30.6 Å². The minimum absolute atomic E-state index is 0.172. The summed E-state index contributed by atoms with van der Waals surface area (Å²) in [5.74, 6) is -1.62. The second-order valence-corrected chi connectivity index (χ2v) is 30.2. The number of phenolic OH excluding ortho intramolecular Hbond substituents is 6. The molecule has 0 spiro atoms. The number of nitrogens with zero attached hydrogens (tertiary/aromatic N) is 24. The van der Waals surface area contributed by atoms with Gasteiger partial charge in [0.25, 0.3) is 30.8 Å². The predicted octanol–water partition coefficient (Wildman–Crippen LogP) is 17.1. The molecule has 6 N–H and O–H groups in total. The van der Waals surface area contributed by atoms with Gasteiger partial charge in [0.05, 0.1) is 34.1 Å². The number of fused-ring (bicyclic) bond motifs is 12. The van der Waals surface area contributed by atoms with Crippen LogP contribution in [0.3, 0.4) is 0 Å². The highest BCUT2D eigenvalue weighted by Gasteiger charge is 2.25. The van der Waals surface area contributed by atoms with Crippen LogP contribution in [-0.4, -0.2) is 91.8 Å². The molecule has 13 rings (SSSR count). The molecular weight excluding hydrogens is 1470 g/mol. The summed E-state index contributed by atoms with van der Waals surface area (Å²) in [4.78, 5) is 0. The fourth-order valence-electron chi connectivity index (χ4n) is 9.74. The van der Waals surface area contributed by atoms with Gasteiger partial charge >= 0.3 is 0 Å². The van der Waals surface area contributed by atoms with Gasteiger partial charge in [-0.1, -0.05) is 68.0 Å². The van der Waals surface area contributed by atoms with Crippen LogP contribution in [0.4, 0.5) is 64.9 Å². The van der Waals surface area contributed by atoms with Gasteiger partial charge in [-0.2, -0.15) is 0 Å². The Morgan fingerprint density at radius 2 is 0.333 bits per heavy atom. The van der Waals surface area contributed by atoms with E-state index >= 15 is 0 Å². The topological polar surface area (TPSA) is 424 Å². The lowest BCUT2D eigenvalue weighted by Crippen LogP contribution is -2.01. The Kier molecular flexibility index (Phi) is 19.8. The molecule has 0 fully saturated rings. The van der Waals surface area contributed by atoms with Crippen molar-refractivity contribution in [2.75, 3.05) is 0 Å². The van der Waals surface area contributed by atoms with Crippen molar-refractivity contribution >= 4 is 209 Å². The Labute approximate surface area is 595 Å². The molecule has 0 unspecified atom stereocenters. The summed E-state index contributed by atoms with van der Waals surface area (Å²) < 4.78 is 2.02. The molecule has 30 nitrogen and oxygen atoms in total. The average Bonchev–Trinajstić information content (AvgIpc) is 0.866. The summed E-state index contributed by atoms with van der Waals surface area (Å²) in [6, 6.07) is 18.7. The summed E-state index contributed by atoms with van der Waals surface area (Å²) in [6.45, 7) is 0. The molecule has 480 valence electrons. The lowest BCUT2D eigenvalue weighted by molar-refractivity contribution is 0.451. The van der Waals surface area contributed by atoms with E-state index in [0.717, 1.165) is 68.0 Å². The zero-order valence-corrected chi connectivity index (χ0v) is 58.0. The molecule has 6 aromatic heterocycles. The quantitative estimate of drug-likeness (QED) is 0.0399. The van der Waals surface area contributed by atoms with Crippen LogP contribution in [0.25, 0.3) is 0 Å². The highest BCUT2D eigenvalue weighted by atomic mass is 32.2. The van der Waals surface area contributed by atoms with E-state index in [0.29, 0.717) is 26.0 Å². The van der Waals surface area contributed by atoms with Gasteiger partial charge in [-0.15, -0.1) is 198 Å². The third-order valence-electron chi connectivity index (χ3n) is 13.7. The number of azo groups is 6. The van der Waals surface area contributed by atoms with Crippen molar-refractivity contribution in [1.82, 2.24) is 61.2 Å². The maximum Gasteiger partial charge on any atom is 0.252 e. The number of aromatic hydroxyl groups is 6. The van der Waals surface area contributed by atoms with Gasteiger partial charge in [-0.3, -0.25) is 0 Å². The lowest BCUT2D eigenvalue weighted by atomic mass is 9.90. The van der Waals surface area contributed by atoms with Crippen LogP contribution < -0.4 is 0 Å². The smallest absolute Gasteiger partial charge is 0.252 e. The molecule has 0 saturated carbocycles. The summed E-state index contributed by atoms with van der Waals surface area (Å²) in [5.41, 5.74) is 3.78. The maximum absolute atomic E-state index is 12.6. The Bertz CT molecular complexity index is 4240. The Balaban J connectivity index is 1.04. The standard InChI is InChI=1S/C54H36N24O6S12/c79-37-19-1-20-8-32(56-62-44-68-74-50(86)92-44)10-22(38(20)80)3-24-12-34(58-64-46-70-76-52(88)94-46)14-26(40(24)82)5-28-16-36(60-66-48-72-78-54(90)96-48)18-30(42(28)84)6-29-17-35(59-65-47-71-77-53(89)95-47)15-27(41(29)83)4-25-13-33(57-63-45-69-75-51(87)93-45)11-23(39(25)81)2-21(37)9-31(7-19)55-61-43-67-73-49(85)91-43/h7-18,79-84H,1-6H2,(H,73,85)(H,74,86)(H,75,87)(H,76,88)(H,77,89)(H,78,90). The van der Waals surface area contributed by atoms with E-state index in [1.165, 1.54) is 0 Å². The first kappa shape index (κ1) is 65.8. The van der Waals surface area contributed by atoms with E-state index in [1.54, 1.807) is 72.8 Å². The zero-order chi connectivity index (χ0) is 66.7. The Hall–Kier alpha value is -8.82. The highest BCUT2D eigenvalue weighted by Crippen LogP contribution is 2.45. The van der Waals surface area contributed by atoms with E-state index < -0.39 is 0 Å². The minimum Gasteiger partial charge on any atom is -0.507 e. The summed E-state index contributed by atoms with van der Waals surface area (Å²) in [5, 5.41) is 178. The fourth-order valence-corrected chi connectivity index (χ4v) is 13.9. The summed E-state index contributed by atoms with van der Waals surface area (Å²) in [7, 11) is 0. The van der Waals surface area contributed by atoms with Crippen LogP contribution in [0, 0.1) is 0 Å². The van der Waals surface area contributed by atoms with Crippen LogP contribution in [0.5, 0.6) is 34.5 Å². The lowest BCUT2D eigenvalue weighted by Gasteiger charge is -2.18. The SMILES string of the molecule is Oc1c2cc(N=Nc3nnc(S)s3)cc1Cc1cc(N=Nc3nnc(S)s3)cc(c1O)Cc1cc(N=Nc3nnc(S)s3)cc(c1O)Cc1cc(N=Nc3nnc(S)s3)cc(c1O)Cc1cc(N=Nc3nnc(S)s3)cc(c1O)Cc1cc(N=Nc3nnc(S)s3)cc(c1O)C2. The monoisotopic (exact) mass is 1500 g/mol. The first-order valence-corrected chi connectivity index (χ1v) is 34.7. The zero-order valence-electron chi connectivity index (χ0n) is 47.7. The molecule has 0 radical (unpaired) electrons. The van der Waals surface area contributed by atoms with Crippen molar-refractivity contribution in [3.05, 3.63) is 140 Å². The second-order valence-electron chi connectivity index (χ2n) is 20.1. The summed E-state index contributed by atoms with van der Waals surface area (Å²) >= 11 is 32.2. The van der Waals surface area contributed by atoms with Crippen LogP contribution >= 0.6 is 144 Å². The van der Waals surface area contributed by atoms with E-state index in [2.05, 4.69) is 198 Å². The number of benzene rings is 6. The Morgan fingerprint density at radius 3 is 0.438 bits per heavy atom. The largest absolute Gasteiger partial charge is 0.507 e. The first-order valence-electron chi connectivity index (χ1n) is 27.1. The van der Waals surface area contributed by atoms with Crippen LogP contribution in [-0.2, 0) is 38.5 Å². The number of phenols is 6. The molecule has 96 heavy (non-hydrogen) atoms. The van der Waals surface area contributed by atoms with Crippen LogP contribution in [0.2, 0.25) is 0 Å². The van der Waals surface area contributed by atoms with Gasteiger partial charge in [0.1, 0.15) is 34.5 Å². The molecule has 6 aromatic carbocycles. The number of rotatable bonds is 12. The van der Waals surface area contributed by atoms with Gasteiger partial charge in [-0.05, 0) is 72.8 Å². The van der Waals surface area contributed by atoms with E-state index in [4.69, 9.17) is 0 Å². The molecule has 12 bridgehead atoms. The Morgan fingerprint density at radius 1 is 0.208 bits per heavy atom. The number of hydrogen-bond donors (Lipinski definition) is 12. The average molecular weight is 1500 g/mol. The van der Waals surface area contributed by atoms with E-state index in [1.807, 2.05) is 0 Å². The normalized spacial score (nSPS) is 13.1. The van der Waals surface area contributed by atoms with Crippen molar-refractivity contribution in [2.24, 2.45) is 61.4 Å². The fraction of sp³-hybridized carbons (Fsp3) is 0.111. The third kappa shape index (κ3) is 15.8. The van der Waals surface area contributed by atoms with Crippen LogP contribution in [0.15, 0.2) is 160 Å². The van der Waals surface area contributed by atoms with E-state index in [9.17, 15) is 30.6 Å². The van der Waals surface area contributed by atoms with Crippen molar-refractivity contribution in [1.29, 1.82) is 0 Å². The predicted molar refractivity (Wildman–Crippen MR) is 373 cm³/mol. The van der Waals surface area contributed by atoms with Gasteiger partial charge < -0.3 is 30.6 Å².